The highest BCUT2D eigenvalue weighted by atomic mass is 16.4. The van der Waals surface area contributed by atoms with E-state index >= 15 is 0 Å². The molecular formula is C13H18N2O4. The molecule has 19 heavy (non-hydrogen) atoms. The van der Waals surface area contributed by atoms with E-state index in [0.29, 0.717) is 5.69 Å². The molecule has 104 valence electrons. The second kappa shape index (κ2) is 6.19. The maximum atomic E-state index is 11.8. The summed E-state index contributed by atoms with van der Waals surface area (Å²) in [7, 11) is 0. The number of nitrogens with one attached hydrogen (secondary N) is 1. The van der Waals surface area contributed by atoms with Crippen molar-refractivity contribution in [2.24, 2.45) is 11.7 Å². The van der Waals surface area contributed by atoms with E-state index in [0.717, 1.165) is 6.42 Å². The molecular weight excluding hydrogens is 248 g/mol. The Morgan fingerprint density at radius 1 is 1.42 bits per heavy atom. The highest BCUT2D eigenvalue weighted by Crippen LogP contribution is 2.21. The van der Waals surface area contributed by atoms with Crippen molar-refractivity contribution in [1.82, 2.24) is 0 Å². The Kier molecular flexibility index (Phi) is 4.88. The second-order valence-corrected chi connectivity index (χ2v) is 4.44. The summed E-state index contributed by atoms with van der Waals surface area (Å²) in [5.74, 6) is -1.97. The molecule has 0 aliphatic rings. The van der Waals surface area contributed by atoms with Gasteiger partial charge >= 0.3 is 5.97 Å². The molecule has 6 nitrogen and oxygen atoms in total. The van der Waals surface area contributed by atoms with Crippen LogP contribution in [0, 0.1) is 5.92 Å². The highest BCUT2D eigenvalue weighted by Gasteiger charge is 2.20. The first-order valence-electron chi connectivity index (χ1n) is 5.99. The molecule has 1 rings (SSSR count). The lowest BCUT2D eigenvalue weighted by molar-refractivity contribution is -0.118. The molecule has 0 spiro atoms. The quantitative estimate of drug-likeness (QED) is 0.602. The highest BCUT2D eigenvalue weighted by molar-refractivity contribution is 5.97. The maximum Gasteiger partial charge on any atom is 0.339 e. The summed E-state index contributed by atoms with van der Waals surface area (Å²) in [5.41, 5.74) is 5.79. The lowest BCUT2D eigenvalue weighted by atomic mass is 9.99. The zero-order valence-electron chi connectivity index (χ0n) is 10.9. The lowest BCUT2D eigenvalue weighted by Gasteiger charge is -2.17. The minimum atomic E-state index is -1.26. The van der Waals surface area contributed by atoms with Crippen molar-refractivity contribution in [2.75, 3.05) is 5.32 Å². The van der Waals surface area contributed by atoms with Crippen molar-refractivity contribution in [3.05, 3.63) is 23.8 Å². The van der Waals surface area contributed by atoms with E-state index in [1.165, 1.54) is 18.2 Å². The molecule has 2 atom stereocenters. The van der Waals surface area contributed by atoms with Crippen molar-refractivity contribution >= 4 is 17.6 Å². The number of amides is 1. The largest absolute Gasteiger partial charge is 0.507 e. The van der Waals surface area contributed by atoms with Crippen LogP contribution in [0.25, 0.3) is 0 Å². The SMILES string of the molecule is CCC(C)C(N)C(=O)Nc1ccc(O)c(C(=O)O)c1. The normalized spacial score (nSPS) is 13.6. The van der Waals surface area contributed by atoms with Gasteiger partial charge in [-0.05, 0) is 24.1 Å². The first-order valence-corrected chi connectivity index (χ1v) is 5.99. The third kappa shape index (κ3) is 3.69. The molecule has 1 aromatic rings. The average molecular weight is 266 g/mol. The Morgan fingerprint density at radius 2 is 2.05 bits per heavy atom. The number of carboxylic acid groups (broad SMARTS) is 1. The summed E-state index contributed by atoms with van der Waals surface area (Å²) in [6.07, 6.45) is 0.768. The number of nitrogens with two attached hydrogens (primary N) is 1. The molecule has 0 fully saturated rings. The number of carbonyl (C=O) groups excluding carboxylic acids is 1. The zero-order chi connectivity index (χ0) is 14.6. The molecule has 0 saturated carbocycles. The maximum absolute atomic E-state index is 11.8. The molecule has 2 unspecified atom stereocenters. The van der Waals surface area contributed by atoms with E-state index in [-0.39, 0.29) is 23.1 Å². The van der Waals surface area contributed by atoms with Gasteiger partial charge in [0.05, 0.1) is 6.04 Å². The van der Waals surface area contributed by atoms with E-state index in [9.17, 15) is 14.7 Å². The first-order chi connectivity index (χ1) is 8.86. The summed E-state index contributed by atoms with van der Waals surface area (Å²) in [6.45, 7) is 3.80. The number of anilines is 1. The van der Waals surface area contributed by atoms with E-state index in [2.05, 4.69) is 5.32 Å². The number of carbonyl (C=O) groups is 2. The van der Waals surface area contributed by atoms with Crippen LogP contribution < -0.4 is 11.1 Å². The minimum absolute atomic E-state index is 0.0241. The van der Waals surface area contributed by atoms with Crippen molar-refractivity contribution in [3.8, 4) is 5.75 Å². The molecule has 6 heteroatoms. The topological polar surface area (TPSA) is 113 Å². The molecule has 0 radical (unpaired) electrons. The van der Waals surface area contributed by atoms with E-state index in [1.807, 2.05) is 13.8 Å². The van der Waals surface area contributed by atoms with Gasteiger partial charge in [0.15, 0.2) is 0 Å². The van der Waals surface area contributed by atoms with Crippen molar-refractivity contribution in [2.45, 2.75) is 26.3 Å². The van der Waals surface area contributed by atoms with Crippen molar-refractivity contribution in [1.29, 1.82) is 0 Å². The molecule has 0 aliphatic heterocycles. The number of phenols is 1. The Balaban J connectivity index is 2.86. The fourth-order valence-electron chi connectivity index (χ4n) is 1.52. The van der Waals surface area contributed by atoms with E-state index < -0.39 is 12.0 Å². The van der Waals surface area contributed by atoms with E-state index in [4.69, 9.17) is 10.8 Å². The lowest BCUT2D eigenvalue weighted by Crippen LogP contribution is -2.40. The molecule has 1 amide bonds. The van der Waals surface area contributed by atoms with Crippen molar-refractivity contribution in [3.63, 3.8) is 0 Å². The van der Waals surface area contributed by atoms with Gasteiger partial charge in [0.1, 0.15) is 11.3 Å². The Hall–Kier alpha value is -2.08. The summed E-state index contributed by atoms with van der Waals surface area (Å²) in [5, 5.41) is 20.8. The van der Waals surface area contributed by atoms with E-state index in [1.54, 1.807) is 0 Å². The minimum Gasteiger partial charge on any atom is -0.507 e. The molecule has 0 bridgehead atoms. The summed E-state index contributed by atoms with van der Waals surface area (Å²) >= 11 is 0. The fourth-order valence-corrected chi connectivity index (χ4v) is 1.52. The molecule has 5 N–H and O–H groups in total. The zero-order valence-corrected chi connectivity index (χ0v) is 10.9. The number of aromatic hydroxyl groups is 1. The molecule has 1 aromatic carbocycles. The predicted octanol–water partition coefficient (Wildman–Crippen LogP) is 1.40. The summed E-state index contributed by atoms with van der Waals surface area (Å²) < 4.78 is 0. The van der Waals surface area contributed by atoms with Crippen LogP contribution in [0.1, 0.15) is 30.6 Å². The van der Waals surface area contributed by atoms with Crippen LogP contribution in [0.2, 0.25) is 0 Å². The summed E-state index contributed by atoms with van der Waals surface area (Å²) in [4.78, 5) is 22.7. The number of hydrogen-bond acceptors (Lipinski definition) is 4. The van der Waals surface area contributed by atoms with Crippen LogP contribution in [0.15, 0.2) is 18.2 Å². The van der Waals surface area contributed by atoms with Crippen LogP contribution in [-0.2, 0) is 4.79 Å². The predicted molar refractivity (Wildman–Crippen MR) is 71.1 cm³/mol. The number of rotatable bonds is 5. The van der Waals surface area contributed by atoms with Crippen molar-refractivity contribution < 1.29 is 19.8 Å². The Morgan fingerprint density at radius 3 is 2.58 bits per heavy atom. The van der Waals surface area contributed by atoms with Gasteiger partial charge in [-0.15, -0.1) is 0 Å². The summed E-state index contributed by atoms with van der Waals surface area (Å²) in [6, 6.07) is 3.17. The number of aromatic carboxylic acids is 1. The first kappa shape index (κ1) is 15.0. The van der Waals surface area contributed by atoms with Gasteiger partial charge in [-0.2, -0.15) is 0 Å². The van der Waals surface area contributed by atoms with Gasteiger partial charge in [-0.1, -0.05) is 20.3 Å². The third-order valence-electron chi connectivity index (χ3n) is 3.05. The van der Waals surface area contributed by atoms with Crippen LogP contribution in [-0.4, -0.2) is 28.1 Å². The van der Waals surface area contributed by atoms with Crippen LogP contribution in [0.5, 0.6) is 5.75 Å². The smallest absolute Gasteiger partial charge is 0.339 e. The monoisotopic (exact) mass is 266 g/mol. The number of benzene rings is 1. The molecule has 0 saturated heterocycles. The third-order valence-corrected chi connectivity index (χ3v) is 3.05. The van der Waals surface area contributed by atoms with Gasteiger partial charge < -0.3 is 21.3 Å². The Labute approximate surface area is 111 Å². The number of hydrogen-bond donors (Lipinski definition) is 4. The van der Waals surface area contributed by atoms with Crippen LogP contribution in [0.4, 0.5) is 5.69 Å². The van der Waals surface area contributed by atoms with Gasteiger partial charge in [0.2, 0.25) is 5.91 Å². The van der Waals surface area contributed by atoms with Gasteiger partial charge in [0, 0.05) is 5.69 Å². The van der Waals surface area contributed by atoms with Crippen LogP contribution >= 0.6 is 0 Å². The average Bonchev–Trinajstić information content (AvgIpc) is 2.38. The fraction of sp³-hybridized carbons (Fsp3) is 0.385. The standard InChI is InChI=1S/C13H18N2O4/c1-3-7(2)11(14)12(17)15-8-4-5-10(16)9(6-8)13(18)19/h4-7,11,16H,3,14H2,1-2H3,(H,15,17)(H,18,19). The van der Waals surface area contributed by atoms with Gasteiger partial charge in [-0.25, -0.2) is 4.79 Å². The number of carboxylic acids is 1. The van der Waals surface area contributed by atoms with Crippen LogP contribution in [0.3, 0.4) is 0 Å². The second-order valence-electron chi connectivity index (χ2n) is 4.44. The molecule has 0 aliphatic carbocycles. The molecule has 0 aromatic heterocycles. The molecule has 0 heterocycles. The van der Waals surface area contributed by atoms with Gasteiger partial charge in [0.25, 0.3) is 0 Å². The Bertz CT molecular complexity index is 488. The van der Waals surface area contributed by atoms with Gasteiger partial charge in [-0.3, -0.25) is 4.79 Å².